The fraction of sp³-hybridized carbons (Fsp3) is 0.308. The molecule has 0 amide bonds. The number of carbonyl (C=O) groups excluding carboxylic acids is 1. The van der Waals surface area contributed by atoms with Crippen LogP contribution in [-0.4, -0.2) is 35.4 Å². The monoisotopic (exact) mass is 446 g/mol. The SMILES string of the molecule is COc1ccc(C=CC(=O)c2cccs2)cc1CN1CC2C[C@@H](C1)c1cccc(=O)n1C2. The normalized spacial score (nSPS) is 20.3. The Morgan fingerprint density at radius 3 is 2.88 bits per heavy atom. The van der Waals surface area contributed by atoms with E-state index in [1.807, 2.05) is 46.4 Å². The molecule has 1 unspecified atom stereocenters. The maximum Gasteiger partial charge on any atom is 0.250 e. The third-order valence-electron chi connectivity index (χ3n) is 6.44. The smallest absolute Gasteiger partial charge is 0.250 e. The summed E-state index contributed by atoms with van der Waals surface area (Å²) in [6.45, 7) is 3.48. The number of ether oxygens (including phenoxy) is 1. The van der Waals surface area contributed by atoms with Crippen LogP contribution in [0.5, 0.6) is 5.75 Å². The summed E-state index contributed by atoms with van der Waals surface area (Å²) in [5.74, 6) is 1.75. The molecular formula is C26H26N2O3S. The Morgan fingerprint density at radius 1 is 1.16 bits per heavy atom. The summed E-state index contributed by atoms with van der Waals surface area (Å²) in [6, 6.07) is 15.4. The third-order valence-corrected chi connectivity index (χ3v) is 7.33. The van der Waals surface area contributed by atoms with E-state index in [9.17, 15) is 9.59 Å². The van der Waals surface area contributed by atoms with Crippen molar-refractivity contribution < 1.29 is 9.53 Å². The molecule has 2 atom stereocenters. The highest BCUT2D eigenvalue weighted by Gasteiger charge is 2.34. The van der Waals surface area contributed by atoms with Gasteiger partial charge < -0.3 is 9.30 Å². The molecule has 3 aromatic rings. The number of hydrogen-bond donors (Lipinski definition) is 0. The zero-order valence-electron chi connectivity index (χ0n) is 18.1. The van der Waals surface area contributed by atoms with Gasteiger partial charge in [0.1, 0.15) is 5.75 Å². The Kier molecular flexibility index (Phi) is 5.81. The van der Waals surface area contributed by atoms with Crippen LogP contribution in [0.15, 0.2) is 64.8 Å². The molecule has 1 fully saturated rings. The molecule has 0 aliphatic carbocycles. The Morgan fingerprint density at radius 2 is 2.06 bits per heavy atom. The topological polar surface area (TPSA) is 51.5 Å². The van der Waals surface area contributed by atoms with E-state index in [4.69, 9.17) is 4.74 Å². The Bertz CT molecular complexity index is 1210. The van der Waals surface area contributed by atoms with Crippen LogP contribution >= 0.6 is 11.3 Å². The Balaban J connectivity index is 1.34. The number of allylic oxidation sites excluding steroid dienone is 1. The predicted molar refractivity (Wildman–Crippen MR) is 128 cm³/mol. The first-order valence-electron chi connectivity index (χ1n) is 11.0. The first-order chi connectivity index (χ1) is 15.6. The number of nitrogens with zero attached hydrogens (tertiary/aromatic N) is 2. The van der Waals surface area contributed by atoms with Gasteiger partial charge in [-0.3, -0.25) is 14.5 Å². The van der Waals surface area contributed by atoms with Gasteiger partial charge in [-0.15, -0.1) is 11.3 Å². The fourth-order valence-electron chi connectivity index (χ4n) is 5.06. The van der Waals surface area contributed by atoms with Crippen molar-refractivity contribution in [1.82, 2.24) is 9.47 Å². The molecule has 4 heterocycles. The maximum absolute atomic E-state index is 12.3. The lowest BCUT2D eigenvalue weighted by atomic mass is 9.83. The highest BCUT2D eigenvalue weighted by atomic mass is 32.1. The number of methoxy groups -OCH3 is 1. The van der Waals surface area contributed by atoms with E-state index in [0.29, 0.717) is 11.8 Å². The number of pyridine rings is 1. The van der Waals surface area contributed by atoms with Crippen molar-refractivity contribution >= 4 is 23.2 Å². The minimum atomic E-state index is 0.0233. The number of hydrogen-bond acceptors (Lipinski definition) is 5. The van der Waals surface area contributed by atoms with E-state index in [2.05, 4.69) is 17.0 Å². The molecule has 0 radical (unpaired) electrons. The number of aromatic nitrogens is 1. The molecule has 1 saturated heterocycles. The average molecular weight is 447 g/mol. The number of piperidine rings is 1. The minimum absolute atomic E-state index is 0.0233. The van der Waals surface area contributed by atoms with Crippen LogP contribution in [0.25, 0.3) is 6.08 Å². The highest BCUT2D eigenvalue weighted by molar-refractivity contribution is 7.12. The van der Waals surface area contributed by atoms with Crippen molar-refractivity contribution in [2.24, 2.45) is 5.92 Å². The molecule has 164 valence electrons. The molecule has 0 spiro atoms. The highest BCUT2D eigenvalue weighted by Crippen LogP contribution is 2.36. The number of ketones is 1. The van der Waals surface area contributed by atoms with Crippen molar-refractivity contribution in [3.63, 3.8) is 0 Å². The van der Waals surface area contributed by atoms with Gasteiger partial charge in [-0.05, 0) is 53.6 Å². The second-order valence-corrected chi connectivity index (χ2v) is 9.59. The zero-order chi connectivity index (χ0) is 22.1. The summed E-state index contributed by atoms with van der Waals surface area (Å²) in [7, 11) is 1.70. The van der Waals surface area contributed by atoms with Crippen LogP contribution in [-0.2, 0) is 13.1 Å². The molecule has 0 N–H and O–H groups in total. The Hall–Kier alpha value is -2.96. The van der Waals surface area contributed by atoms with Crippen molar-refractivity contribution in [2.75, 3.05) is 20.2 Å². The van der Waals surface area contributed by atoms with Gasteiger partial charge in [-0.1, -0.05) is 24.3 Å². The van der Waals surface area contributed by atoms with Crippen LogP contribution in [0.2, 0.25) is 0 Å². The van der Waals surface area contributed by atoms with Gasteiger partial charge in [0.2, 0.25) is 0 Å². The van der Waals surface area contributed by atoms with Gasteiger partial charge in [0.05, 0.1) is 12.0 Å². The van der Waals surface area contributed by atoms with Crippen LogP contribution in [0, 0.1) is 5.92 Å². The van der Waals surface area contributed by atoms with Gasteiger partial charge in [0, 0.05) is 49.4 Å². The standard InChI is InChI=1S/C26H26N2O3S/c1-31-24-10-8-18(7-9-23(29)25-5-3-11-32-25)12-21(24)17-27-14-19-13-20(16-27)22-4-2-6-26(30)28(22)15-19/h2-12,19-20H,13-17H2,1H3/t19?,20-/m0/s1. The molecule has 6 heteroatoms. The van der Waals surface area contributed by atoms with E-state index in [1.165, 1.54) is 11.3 Å². The van der Waals surface area contributed by atoms with Gasteiger partial charge in [0.15, 0.2) is 5.78 Å². The fourth-order valence-corrected chi connectivity index (χ4v) is 5.71. The summed E-state index contributed by atoms with van der Waals surface area (Å²) < 4.78 is 7.60. The quantitative estimate of drug-likeness (QED) is 0.415. The largest absolute Gasteiger partial charge is 0.496 e. The number of fused-ring (bicyclic) bond motifs is 4. The predicted octanol–water partition coefficient (Wildman–Crippen LogP) is 4.43. The lowest BCUT2D eigenvalue weighted by molar-refractivity contribution is 0.105. The number of carbonyl (C=O) groups is 1. The molecule has 2 aromatic heterocycles. The minimum Gasteiger partial charge on any atom is -0.496 e. The Labute approximate surface area is 191 Å². The number of rotatable bonds is 6. The summed E-state index contributed by atoms with van der Waals surface area (Å²) >= 11 is 1.45. The number of thiophene rings is 1. The van der Waals surface area contributed by atoms with Crippen LogP contribution in [0.3, 0.4) is 0 Å². The molecule has 5 rings (SSSR count). The van der Waals surface area contributed by atoms with E-state index in [1.54, 1.807) is 19.3 Å². The summed E-state index contributed by atoms with van der Waals surface area (Å²) in [6.07, 6.45) is 4.65. The van der Waals surface area contributed by atoms with Crippen LogP contribution in [0.4, 0.5) is 0 Å². The molecule has 2 bridgehead atoms. The van der Waals surface area contributed by atoms with E-state index in [-0.39, 0.29) is 11.3 Å². The first-order valence-corrected chi connectivity index (χ1v) is 11.8. The van der Waals surface area contributed by atoms with E-state index >= 15 is 0 Å². The lowest BCUT2D eigenvalue weighted by Crippen LogP contribution is -2.46. The summed E-state index contributed by atoms with van der Waals surface area (Å²) in [5, 5.41) is 1.91. The molecular weight excluding hydrogens is 420 g/mol. The summed E-state index contributed by atoms with van der Waals surface area (Å²) in [4.78, 5) is 27.8. The van der Waals surface area contributed by atoms with Crippen molar-refractivity contribution in [3.05, 3.63) is 92.0 Å². The molecule has 2 aliphatic rings. The number of benzene rings is 1. The lowest BCUT2D eigenvalue weighted by Gasteiger charge is -2.43. The van der Waals surface area contributed by atoms with Crippen LogP contribution in [0.1, 0.15) is 38.8 Å². The summed E-state index contributed by atoms with van der Waals surface area (Å²) in [5.41, 5.74) is 3.38. The van der Waals surface area contributed by atoms with Gasteiger partial charge >= 0.3 is 0 Å². The van der Waals surface area contributed by atoms with Crippen molar-refractivity contribution in [3.8, 4) is 5.75 Å². The molecule has 2 aliphatic heterocycles. The van der Waals surface area contributed by atoms with Crippen LogP contribution < -0.4 is 10.3 Å². The average Bonchev–Trinajstić information content (AvgIpc) is 3.33. The second-order valence-electron chi connectivity index (χ2n) is 8.64. The van der Waals surface area contributed by atoms with Crippen molar-refractivity contribution in [1.29, 1.82) is 0 Å². The number of likely N-dealkylation sites (tertiary alicyclic amines) is 1. The van der Waals surface area contributed by atoms with Crippen molar-refractivity contribution in [2.45, 2.75) is 25.4 Å². The third kappa shape index (κ3) is 4.20. The molecule has 5 nitrogen and oxygen atoms in total. The van der Waals surface area contributed by atoms with Gasteiger partial charge in [0.25, 0.3) is 5.56 Å². The van der Waals surface area contributed by atoms with Gasteiger partial charge in [-0.25, -0.2) is 0 Å². The van der Waals surface area contributed by atoms with E-state index in [0.717, 1.165) is 60.0 Å². The maximum atomic E-state index is 12.3. The zero-order valence-corrected chi connectivity index (χ0v) is 18.9. The molecule has 0 saturated carbocycles. The molecule has 32 heavy (non-hydrogen) atoms. The first kappa shape index (κ1) is 20.9. The molecule has 1 aromatic carbocycles. The van der Waals surface area contributed by atoms with E-state index < -0.39 is 0 Å². The van der Waals surface area contributed by atoms with Gasteiger partial charge in [-0.2, -0.15) is 0 Å². The second kappa shape index (κ2) is 8.88.